The SMILES string of the molecule is Nc1ccc(-c2ccc3c(n2)=CCCC=3)cc1. The van der Waals surface area contributed by atoms with E-state index in [1.165, 1.54) is 5.22 Å². The van der Waals surface area contributed by atoms with Crippen molar-refractivity contribution in [3.63, 3.8) is 0 Å². The Morgan fingerprint density at radius 1 is 0.882 bits per heavy atom. The number of pyridine rings is 1. The van der Waals surface area contributed by atoms with E-state index in [1.54, 1.807) is 0 Å². The van der Waals surface area contributed by atoms with E-state index in [9.17, 15) is 0 Å². The topological polar surface area (TPSA) is 38.9 Å². The molecule has 3 rings (SSSR count). The minimum atomic E-state index is 0.784. The molecule has 84 valence electrons. The van der Waals surface area contributed by atoms with Crippen LogP contribution >= 0.6 is 0 Å². The van der Waals surface area contributed by atoms with Crippen LogP contribution in [0, 0.1) is 0 Å². The van der Waals surface area contributed by atoms with Crippen molar-refractivity contribution in [1.82, 2.24) is 4.98 Å². The number of rotatable bonds is 1. The van der Waals surface area contributed by atoms with E-state index in [1.807, 2.05) is 24.3 Å². The first-order chi connectivity index (χ1) is 8.33. The summed E-state index contributed by atoms with van der Waals surface area (Å²) < 4.78 is 0. The van der Waals surface area contributed by atoms with Crippen molar-refractivity contribution in [2.24, 2.45) is 0 Å². The summed E-state index contributed by atoms with van der Waals surface area (Å²) in [6.07, 6.45) is 6.66. The zero-order valence-electron chi connectivity index (χ0n) is 9.56. The van der Waals surface area contributed by atoms with Crippen LogP contribution in [-0.4, -0.2) is 4.98 Å². The van der Waals surface area contributed by atoms with Gasteiger partial charge in [-0.2, -0.15) is 0 Å². The van der Waals surface area contributed by atoms with Gasteiger partial charge in [0.1, 0.15) is 0 Å². The lowest BCUT2D eigenvalue weighted by atomic mass is 10.1. The molecule has 1 aromatic heterocycles. The molecule has 0 aliphatic heterocycles. The van der Waals surface area contributed by atoms with Crippen molar-refractivity contribution in [3.05, 3.63) is 47.0 Å². The molecule has 1 aliphatic carbocycles. The number of nitrogens with two attached hydrogens (primary N) is 1. The van der Waals surface area contributed by atoms with Crippen molar-refractivity contribution in [1.29, 1.82) is 0 Å². The summed E-state index contributed by atoms with van der Waals surface area (Å²) in [4.78, 5) is 4.69. The van der Waals surface area contributed by atoms with Gasteiger partial charge in [-0.25, -0.2) is 4.98 Å². The van der Waals surface area contributed by atoms with E-state index in [0.29, 0.717) is 0 Å². The van der Waals surface area contributed by atoms with E-state index in [4.69, 9.17) is 5.73 Å². The summed E-state index contributed by atoms with van der Waals surface area (Å²) >= 11 is 0. The molecular weight excluding hydrogens is 208 g/mol. The summed E-state index contributed by atoms with van der Waals surface area (Å²) in [7, 11) is 0. The zero-order valence-corrected chi connectivity index (χ0v) is 9.56. The Labute approximate surface area is 100 Å². The van der Waals surface area contributed by atoms with E-state index in [-0.39, 0.29) is 0 Å². The lowest BCUT2D eigenvalue weighted by molar-refractivity contribution is 1.08. The van der Waals surface area contributed by atoms with Crippen molar-refractivity contribution >= 4 is 17.8 Å². The van der Waals surface area contributed by atoms with Gasteiger partial charge in [0.2, 0.25) is 0 Å². The number of hydrogen-bond donors (Lipinski definition) is 1. The van der Waals surface area contributed by atoms with Gasteiger partial charge < -0.3 is 5.73 Å². The first kappa shape index (κ1) is 10.1. The Kier molecular flexibility index (Phi) is 2.41. The van der Waals surface area contributed by atoms with E-state index >= 15 is 0 Å². The first-order valence-corrected chi connectivity index (χ1v) is 5.86. The second kappa shape index (κ2) is 4.06. The third kappa shape index (κ3) is 1.94. The van der Waals surface area contributed by atoms with Gasteiger partial charge in [0.15, 0.2) is 0 Å². The van der Waals surface area contributed by atoms with Crippen LogP contribution in [0.2, 0.25) is 0 Å². The van der Waals surface area contributed by atoms with Gasteiger partial charge in [0.05, 0.1) is 11.0 Å². The van der Waals surface area contributed by atoms with Gasteiger partial charge in [-0.1, -0.05) is 30.4 Å². The van der Waals surface area contributed by atoms with Crippen LogP contribution in [0.3, 0.4) is 0 Å². The smallest absolute Gasteiger partial charge is 0.0709 e. The molecule has 0 bridgehead atoms. The molecule has 1 aromatic carbocycles. The molecule has 0 fully saturated rings. The molecule has 0 unspecified atom stereocenters. The van der Waals surface area contributed by atoms with Crippen LogP contribution in [0.5, 0.6) is 0 Å². The van der Waals surface area contributed by atoms with Crippen LogP contribution in [-0.2, 0) is 0 Å². The maximum absolute atomic E-state index is 5.68. The number of nitrogens with zero attached hydrogens (tertiary/aromatic N) is 1. The standard InChI is InChI=1S/C15H14N2/c16-13-8-5-12(6-9-13)15-10-7-11-3-1-2-4-14(11)17-15/h3-10H,1-2,16H2. The average molecular weight is 222 g/mol. The highest BCUT2D eigenvalue weighted by atomic mass is 14.7. The monoisotopic (exact) mass is 222 g/mol. The molecule has 0 spiro atoms. The van der Waals surface area contributed by atoms with Crippen LogP contribution in [0.25, 0.3) is 23.4 Å². The van der Waals surface area contributed by atoms with Gasteiger partial charge in [0, 0.05) is 11.3 Å². The molecule has 0 saturated carbocycles. The van der Waals surface area contributed by atoms with Crippen molar-refractivity contribution in [3.8, 4) is 11.3 Å². The second-order valence-electron chi connectivity index (χ2n) is 4.28. The van der Waals surface area contributed by atoms with Gasteiger partial charge in [-0.3, -0.25) is 0 Å². The molecule has 17 heavy (non-hydrogen) atoms. The first-order valence-electron chi connectivity index (χ1n) is 5.86. The summed E-state index contributed by atoms with van der Waals surface area (Å²) in [5, 5.41) is 2.35. The molecule has 0 amide bonds. The molecule has 2 aromatic rings. The molecular formula is C15H14N2. The number of nitrogen functional groups attached to an aromatic ring is 1. The normalized spacial score (nSPS) is 13.4. The number of anilines is 1. The number of hydrogen-bond acceptors (Lipinski definition) is 2. The van der Waals surface area contributed by atoms with Gasteiger partial charge >= 0.3 is 0 Å². The maximum Gasteiger partial charge on any atom is 0.0709 e. The van der Waals surface area contributed by atoms with Crippen LogP contribution in [0.15, 0.2) is 36.4 Å². The fraction of sp³-hybridized carbons (Fsp3) is 0.133. The third-order valence-electron chi connectivity index (χ3n) is 3.03. The quantitative estimate of drug-likeness (QED) is 0.746. The molecule has 2 N–H and O–H groups in total. The minimum Gasteiger partial charge on any atom is -0.399 e. The lowest BCUT2D eigenvalue weighted by Gasteiger charge is -2.04. The predicted octanol–water partition coefficient (Wildman–Crippen LogP) is 1.69. The molecule has 0 radical (unpaired) electrons. The van der Waals surface area contributed by atoms with Gasteiger partial charge in [-0.15, -0.1) is 0 Å². The summed E-state index contributed by atoms with van der Waals surface area (Å²) in [5.41, 5.74) is 8.59. The zero-order chi connectivity index (χ0) is 11.7. The molecule has 2 nitrogen and oxygen atoms in total. The van der Waals surface area contributed by atoms with Crippen molar-refractivity contribution in [2.45, 2.75) is 12.8 Å². The van der Waals surface area contributed by atoms with E-state index in [0.717, 1.165) is 35.1 Å². The van der Waals surface area contributed by atoms with Crippen LogP contribution in [0.4, 0.5) is 5.69 Å². The second-order valence-corrected chi connectivity index (χ2v) is 4.28. The highest BCUT2D eigenvalue weighted by Gasteiger charge is 2.00. The Morgan fingerprint density at radius 2 is 1.65 bits per heavy atom. The molecule has 0 atom stereocenters. The van der Waals surface area contributed by atoms with E-state index in [2.05, 4.69) is 29.3 Å². The number of fused-ring (bicyclic) bond motifs is 1. The summed E-state index contributed by atoms with van der Waals surface area (Å²) in [5.74, 6) is 0. The maximum atomic E-state index is 5.68. The minimum absolute atomic E-state index is 0.784. The molecule has 0 saturated heterocycles. The number of aromatic nitrogens is 1. The fourth-order valence-electron chi connectivity index (χ4n) is 2.10. The third-order valence-corrected chi connectivity index (χ3v) is 3.03. The number of benzene rings is 1. The average Bonchev–Trinajstić information content (AvgIpc) is 2.39. The van der Waals surface area contributed by atoms with Crippen LogP contribution in [0.1, 0.15) is 12.8 Å². The Hall–Kier alpha value is -2.09. The predicted molar refractivity (Wildman–Crippen MR) is 71.5 cm³/mol. The Balaban J connectivity index is 2.14. The fourth-order valence-corrected chi connectivity index (χ4v) is 2.10. The summed E-state index contributed by atoms with van der Waals surface area (Å²) in [6, 6.07) is 12.1. The van der Waals surface area contributed by atoms with Gasteiger partial charge in [0.25, 0.3) is 0 Å². The molecule has 1 heterocycles. The van der Waals surface area contributed by atoms with Crippen LogP contribution < -0.4 is 16.3 Å². The molecule has 2 heteroatoms. The largest absolute Gasteiger partial charge is 0.399 e. The Bertz CT molecular complexity index is 654. The van der Waals surface area contributed by atoms with Crippen molar-refractivity contribution < 1.29 is 0 Å². The van der Waals surface area contributed by atoms with Crippen molar-refractivity contribution in [2.75, 3.05) is 5.73 Å². The summed E-state index contributed by atoms with van der Waals surface area (Å²) in [6.45, 7) is 0. The molecule has 1 aliphatic rings. The van der Waals surface area contributed by atoms with Gasteiger partial charge in [-0.05, 0) is 36.3 Å². The highest BCUT2D eigenvalue weighted by molar-refractivity contribution is 5.62. The lowest BCUT2D eigenvalue weighted by Crippen LogP contribution is -2.29. The highest BCUT2D eigenvalue weighted by Crippen LogP contribution is 2.16. The Morgan fingerprint density at radius 3 is 2.47 bits per heavy atom. The van der Waals surface area contributed by atoms with E-state index < -0.39 is 0 Å².